The fourth-order valence-electron chi connectivity index (χ4n) is 4.56. The Balaban J connectivity index is 1.41. The molecule has 0 saturated carbocycles. The van der Waals surface area contributed by atoms with Crippen molar-refractivity contribution in [1.29, 1.82) is 0 Å². The number of hydrogen-bond donors (Lipinski definition) is 1. The van der Waals surface area contributed by atoms with Crippen molar-refractivity contribution in [3.05, 3.63) is 105 Å². The van der Waals surface area contributed by atoms with E-state index >= 15 is 0 Å². The summed E-state index contributed by atoms with van der Waals surface area (Å²) in [7, 11) is -4.10. The van der Waals surface area contributed by atoms with Crippen molar-refractivity contribution in [2.45, 2.75) is 24.7 Å². The molecule has 1 aliphatic rings. The van der Waals surface area contributed by atoms with Crippen LogP contribution in [0.3, 0.4) is 0 Å². The minimum absolute atomic E-state index is 0.0402. The van der Waals surface area contributed by atoms with E-state index in [0.717, 1.165) is 33.7 Å². The summed E-state index contributed by atoms with van der Waals surface area (Å²) >= 11 is 12.3. The smallest absolute Gasteiger partial charge is 0.264 e. The molecule has 0 aromatic heterocycles. The summed E-state index contributed by atoms with van der Waals surface area (Å²) in [5, 5.41) is 6.93. The number of hydrogen-bond acceptors (Lipinski definition) is 4. The summed E-state index contributed by atoms with van der Waals surface area (Å²) in [6.07, 6.45) is 3.61. The number of rotatable bonds is 7. The number of aryl methyl sites for hydroxylation is 3. The van der Waals surface area contributed by atoms with Crippen LogP contribution >= 0.6 is 23.2 Å². The van der Waals surface area contributed by atoms with Crippen molar-refractivity contribution in [3.63, 3.8) is 0 Å². The Bertz CT molecular complexity index is 1620. The zero-order valence-corrected chi connectivity index (χ0v) is 22.2. The van der Waals surface area contributed by atoms with Crippen molar-refractivity contribution in [3.8, 4) is 0 Å². The van der Waals surface area contributed by atoms with E-state index in [1.807, 2.05) is 25.1 Å². The van der Waals surface area contributed by atoms with E-state index in [-0.39, 0.29) is 20.6 Å². The maximum Gasteiger partial charge on any atom is 0.264 e. The van der Waals surface area contributed by atoms with Gasteiger partial charge in [-0.25, -0.2) is 13.8 Å². The molecule has 188 valence electrons. The molecule has 9 heteroatoms. The maximum atomic E-state index is 13.5. The Hall–Kier alpha value is -3.39. The number of hydrazone groups is 1. The van der Waals surface area contributed by atoms with Crippen LogP contribution in [0.15, 0.2) is 82.8 Å². The second kappa shape index (κ2) is 10.2. The molecule has 0 unspecified atom stereocenters. The van der Waals surface area contributed by atoms with Crippen LogP contribution in [-0.2, 0) is 27.7 Å². The van der Waals surface area contributed by atoms with Crippen LogP contribution in [-0.4, -0.2) is 27.1 Å². The zero-order valence-electron chi connectivity index (χ0n) is 19.9. The van der Waals surface area contributed by atoms with Gasteiger partial charge < -0.3 is 0 Å². The molecule has 0 radical (unpaired) electrons. The van der Waals surface area contributed by atoms with Gasteiger partial charge >= 0.3 is 0 Å². The van der Waals surface area contributed by atoms with Crippen LogP contribution in [0.25, 0.3) is 10.8 Å². The van der Waals surface area contributed by atoms with Crippen LogP contribution in [0.2, 0.25) is 10.0 Å². The Labute approximate surface area is 225 Å². The summed E-state index contributed by atoms with van der Waals surface area (Å²) in [5.74, 6) is -0.617. The van der Waals surface area contributed by atoms with E-state index < -0.39 is 22.5 Å². The summed E-state index contributed by atoms with van der Waals surface area (Å²) in [6.45, 7) is 1.34. The molecule has 0 heterocycles. The minimum Gasteiger partial charge on any atom is -0.271 e. The second-order valence-electron chi connectivity index (χ2n) is 8.90. The Morgan fingerprint density at radius 2 is 1.65 bits per heavy atom. The summed E-state index contributed by atoms with van der Waals surface area (Å²) in [4.78, 5) is 12.9. The molecule has 1 N–H and O–H groups in total. The molecule has 37 heavy (non-hydrogen) atoms. The number of sulfonamides is 1. The summed E-state index contributed by atoms with van der Waals surface area (Å²) < 4.78 is 28.0. The van der Waals surface area contributed by atoms with Crippen molar-refractivity contribution < 1.29 is 13.2 Å². The monoisotopic (exact) mass is 551 g/mol. The predicted molar refractivity (Wildman–Crippen MR) is 149 cm³/mol. The Morgan fingerprint density at radius 3 is 2.35 bits per heavy atom. The normalized spacial score (nSPS) is 12.8. The summed E-state index contributed by atoms with van der Waals surface area (Å²) in [5.41, 5.74) is 7.03. The van der Waals surface area contributed by atoms with E-state index in [1.165, 1.54) is 46.8 Å². The van der Waals surface area contributed by atoms with Crippen molar-refractivity contribution in [2.24, 2.45) is 5.10 Å². The molecule has 4 aromatic rings. The molecule has 0 spiro atoms. The largest absolute Gasteiger partial charge is 0.271 e. The fourth-order valence-corrected chi connectivity index (χ4v) is 6.48. The van der Waals surface area contributed by atoms with Crippen molar-refractivity contribution in [2.75, 3.05) is 10.8 Å². The van der Waals surface area contributed by atoms with E-state index in [9.17, 15) is 13.2 Å². The molecule has 1 amide bonds. The molecule has 0 saturated heterocycles. The number of amides is 1. The first kappa shape index (κ1) is 25.3. The first-order chi connectivity index (χ1) is 17.7. The third kappa shape index (κ3) is 5.21. The number of carbonyl (C=O) groups is 1. The van der Waals surface area contributed by atoms with Gasteiger partial charge in [-0.3, -0.25) is 9.10 Å². The van der Waals surface area contributed by atoms with Gasteiger partial charge in [-0.15, -0.1) is 0 Å². The van der Waals surface area contributed by atoms with Crippen LogP contribution in [0, 0.1) is 6.92 Å². The van der Waals surface area contributed by atoms with E-state index in [1.54, 1.807) is 18.3 Å². The van der Waals surface area contributed by atoms with E-state index in [4.69, 9.17) is 23.2 Å². The lowest BCUT2D eigenvalue weighted by molar-refractivity contribution is -0.119. The van der Waals surface area contributed by atoms with E-state index in [2.05, 4.69) is 22.7 Å². The molecule has 4 aromatic carbocycles. The number of nitrogens with one attached hydrogen (secondary N) is 1. The lowest BCUT2D eigenvalue weighted by atomic mass is 10.0. The highest BCUT2D eigenvalue weighted by Crippen LogP contribution is 2.32. The van der Waals surface area contributed by atoms with Crippen molar-refractivity contribution in [1.82, 2.24) is 5.43 Å². The van der Waals surface area contributed by atoms with Gasteiger partial charge in [-0.1, -0.05) is 71.2 Å². The molecule has 5 rings (SSSR count). The first-order valence-electron chi connectivity index (χ1n) is 11.6. The lowest BCUT2D eigenvalue weighted by Crippen LogP contribution is -2.39. The third-order valence-corrected chi connectivity index (χ3v) is 8.56. The van der Waals surface area contributed by atoms with Crippen LogP contribution in [0.5, 0.6) is 0 Å². The van der Waals surface area contributed by atoms with Gasteiger partial charge in [0.1, 0.15) is 6.54 Å². The number of nitrogens with zero attached hydrogens (tertiary/aromatic N) is 2. The SMILES string of the molecule is Cc1ccc(S(=O)(=O)N(CC(=O)N/N=C\c2ccc3c4c(cccc24)CC3)c2cc(Cl)cc(Cl)c2)cc1. The summed E-state index contributed by atoms with van der Waals surface area (Å²) in [6, 6.07) is 21.0. The quantitative estimate of drug-likeness (QED) is 0.229. The molecular formula is C28H23Cl2N3O3S. The standard InChI is InChI=1S/C28H23Cl2N3O3S/c1-18-5-11-25(12-6-18)37(35,36)33(24-14-22(29)13-23(30)15-24)17-27(34)32-31-16-21-10-9-20-8-7-19-3-2-4-26(21)28(19)20/h2-6,9-16H,7-8,17H2,1H3,(H,32,34)/b31-16-. The minimum atomic E-state index is -4.10. The van der Waals surface area contributed by atoms with Gasteiger partial charge in [0, 0.05) is 15.6 Å². The van der Waals surface area contributed by atoms with Gasteiger partial charge in [0.25, 0.3) is 15.9 Å². The molecular weight excluding hydrogens is 529 g/mol. The first-order valence-corrected chi connectivity index (χ1v) is 13.8. The van der Waals surface area contributed by atoms with Crippen LogP contribution in [0.4, 0.5) is 5.69 Å². The third-order valence-electron chi connectivity index (χ3n) is 6.34. The van der Waals surface area contributed by atoms with E-state index in [0.29, 0.717) is 0 Å². The molecule has 1 aliphatic carbocycles. The zero-order chi connectivity index (χ0) is 26.2. The fraction of sp³-hybridized carbons (Fsp3) is 0.143. The Morgan fingerprint density at radius 1 is 0.973 bits per heavy atom. The highest BCUT2D eigenvalue weighted by molar-refractivity contribution is 7.92. The molecule has 0 bridgehead atoms. The molecule has 6 nitrogen and oxygen atoms in total. The number of halogens is 2. The molecule has 0 atom stereocenters. The van der Waals surface area contributed by atoms with Gasteiger partial charge in [0.15, 0.2) is 0 Å². The number of benzene rings is 4. The van der Waals surface area contributed by atoms with Gasteiger partial charge in [0.05, 0.1) is 16.8 Å². The number of carbonyl (C=O) groups excluding carboxylic acids is 1. The second-order valence-corrected chi connectivity index (χ2v) is 11.6. The number of anilines is 1. The van der Waals surface area contributed by atoms with Gasteiger partial charge in [0.2, 0.25) is 0 Å². The predicted octanol–water partition coefficient (Wildman–Crippen LogP) is 5.90. The van der Waals surface area contributed by atoms with Crippen molar-refractivity contribution >= 4 is 61.8 Å². The molecule has 0 fully saturated rings. The lowest BCUT2D eigenvalue weighted by Gasteiger charge is -2.24. The van der Waals surface area contributed by atoms with Crippen LogP contribution in [0.1, 0.15) is 22.3 Å². The highest BCUT2D eigenvalue weighted by atomic mass is 35.5. The Kier molecular flexibility index (Phi) is 6.94. The van der Waals surface area contributed by atoms with Crippen LogP contribution < -0.4 is 9.73 Å². The maximum absolute atomic E-state index is 13.5. The average molecular weight is 552 g/mol. The average Bonchev–Trinajstić information content (AvgIpc) is 3.28. The van der Waals surface area contributed by atoms with Gasteiger partial charge in [-0.05, 0) is 72.0 Å². The van der Waals surface area contributed by atoms with Gasteiger partial charge in [-0.2, -0.15) is 5.10 Å². The molecule has 0 aliphatic heterocycles. The topological polar surface area (TPSA) is 78.8 Å². The highest BCUT2D eigenvalue weighted by Gasteiger charge is 2.28.